The first-order chi connectivity index (χ1) is 9.24. The van der Waals surface area contributed by atoms with E-state index in [4.69, 9.17) is 4.74 Å². The predicted molar refractivity (Wildman–Crippen MR) is 75.9 cm³/mol. The molecule has 1 aromatic carbocycles. The molecule has 19 heavy (non-hydrogen) atoms. The highest BCUT2D eigenvalue weighted by Gasteiger charge is 2.28. The number of esters is 1. The fourth-order valence-electron chi connectivity index (χ4n) is 2.45. The fourth-order valence-corrected chi connectivity index (χ4v) is 2.45. The first-order valence-electron chi connectivity index (χ1n) is 7.12. The van der Waals surface area contributed by atoms with E-state index in [9.17, 15) is 4.79 Å². The van der Waals surface area contributed by atoms with Gasteiger partial charge in [-0.1, -0.05) is 31.2 Å². The van der Waals surface area contributed by atoms with Crippen LogP contribution in [0, 0.1) is 0 Å². The molecule has 2 rings (SSSR count). The molecule has 3 heteroatoms. The van der Waals surface area contributed by atoms with Gasteiger partial charge >= 0.3 is 5.97 Å². The van der Waals surface area contributed by atoms with Crippen LogP contribution in [0.1, 0.15) is 37.3 Å². The molecule has 1 saturated carbocycles. The molecular weight excluding hydrogens is 238 g/mol. The Morgan fingerprint density at radius 2 is 2.00 bits per heavy atom. The van der Waals surface area contributed by atoms with Crippen LogP contribution in [-0.4, -0.2) is 30.6 Å². The normalized spacial score (nSPS) is 14.7. The van der Waals surface area contributed by atoms with E-state index in [-0.39, 0.29) is 5.97 Å². The quantitative estimate of drug-likeness (QED) is 0.707. The number of hydrogen-bond donors (Lipinski definition) is 0. The Bertz CT molecular complexity index is 427. The molecule has 1 aromatic rings. The summed E-state index contributed by atoms with van der Waals surface area (Å²) >= 11 is 0. The van der Waals surface area contributed by atoms with Crippen LogP contribution < -0.4 is 0 Å². The Morgan fingerprint density at radius 3 is 2.58 bits per heavy atom. The zero-order valence-corrected chi connectivity index (χ0v) is 11.9. The van der Waals surface area contributed by atoms with Gasteiger partial charge in [0.05, 0.1) is 13.5 Å². The minimum absolute atomic E-state index is 0.166. The molecule has 0 amide bonds. The van der Waals surface area contributed by atoms with Crippen molar-refractivity contribution in [2.24, 2.45) is 0 Å². The maximum Gasteiger partial charge on any atom is 0.309 e. The van der Waals surface area contributed by atoms with E-state index in [1.807, 2.05) is 18.2 Å². The molecule has 0 bridgehead atoms. The van der Waals surface area contributed by atoms with Gasteiger partial charge in [-0.05, 0) is 36.9 Å². The van der Waals surface area contributed by atoms with E-state index in [1.54, 1.807) is 0 Å². The van der Waals surface area contributed by atoms with E-state index >= 15 is 0 Å². The molecule has 0 aliphatic heterocycles. The Kier molecular flexibility index (Phi) is 4.97. The zero-order chi connectivity index (χ0) is 13.7. The van der Waals surface area contributed by atoms with Crippen LogP contribution in [0.3, 0.4) is 0 Å². The molecule has 0 unspecified atom stereocenters. The highest BCUT2D eigenvalue weighted by atomic mass is 16.5. The minimum Gasteiger partial charge on any atom is -0.469 e. The second-order valence-corrected chi connectivity index (χ2v) is 5.22. The molecule has 0 heterocycles. The zero-order valence-electron chi connectivity index (χ0n) is 11.9. The van der Waals surface area contributed by atoms with Gasteiger partial charge in [0.2, 0.25) is 0 Å². The van der Waals surface area contributed by atoms with Crippen molar-refractivity contribution in [2.75, 3.05) is 13.7 Å². The lowest BCUT2D eigenvalue weighted by Crippen LogP contribution is -2.27. The number of ether oxygens (including phenoxy) is 1. The lowest BCUT2D eigenvalue weighted by molar-refractivity contribution is -0.139. The lowest BCUT2D eigenvalue weighted by Gasteiger charge is -2.22. The summed E-state index contributed by atoms with van der Waals surface area (Å²) in [7, 11) is 1.44. The summed E-state index contributed by atoms with van der Waals surface area (Å²) < 4.78 is 4.77. The molecule has 0 N–H and O–H groups in total. The fraction of sp³-hybridized carbons (Fsp3) is 0.562. The Hall–Kier alpha value is -1.35. The van der Waals surface area contributed by atoms with Crippen molar-refractivity contribution in [2.45, 2.75) is 45.2 Å². The summed E-state index contributed by atoms with van der Waals surface area (Å²) in [6.45, 7) is 4.30. The monoisotopic (exact) mass is 261 g/mol. The molecule has 0 atom stereocenters. The standard InChI is InChI=1S/C16H23NO2/c1-3-10-17(15-8-9-15)12-14-7-5-4-6-13(14)11-16(18)19-2/h4-7,15H,3,8-12H2,1-2H3. The van der Waals surface area contributed by atoms with Gasteiger partial charge < -0.3 is 4.74 Å². The summed E-state index contributed by atoms with van der Waals surface area (Å²) in [4.78, 5) is 14.0. The summed E-state index contributed by atoms with van der Waals surface area (Å²) in [6, 6.07) is 8.95. The number of carbonyl (C=O) groups is 1. The van der Waals surface area contributed by atoms with Crippen molar-refractivity contribution in [1.29, 1.82) is 0 Å². The molecule has 1 aliphatic rings. The highest BCUT2D eigenvalue weighted by molar-refractivity contribution is 5.72. The van der Waals surface area contributed by atoms with Gasteiger partial charge in [0.1, 0.15) is 0 Å². The topological polar surface area (TPSA) is 29.5 Å². The average Bonchev–Trinajstić information content (AvgIpc) is 3.24. The van der Waals surface area contributed by atoms with Crippen LogP contribution in [0.25, 0.3) is 0 Å². The molecule has 3 nitrogen and oxygen atoms in total. The summed E-state index contributed by atoms with van der Waals surface area (Å²) in [5.41, 5.74) is 2.35. The van der Waals surface area contributed by atoms with Gasteiger partial charge in [0.25, 0.3) is 0 Å². The molecule has 0 spiro atoms. The largest absolute Gasteiger partial charge is 0.469 e. The van der Waals surface area contributed by atoms with E-state index in [0.717, 1.165) is 24.7 Å². The van der Waals surface area contributed by atoms with Crippen LogP contribution >= 0.6 is 0 Å². The molecule has 104 valence electrons. The number of benzene rings is 1. The Morgan fingerprint density at radius 1 is 1.32 bits per heavy atom. The van der Waals surface area contributed by atoms with Crippen molar-refractivity contribution in [3.05, 3.63) is 35.4 Å². The third-order valence-electron chi connectivity index (χ3n) is 3.63. The van der Waals surface area contributed by atoms with E-state index in [0.29, 0.717) is 6.42 Å². The molecule has 1 fully saturated rings. The van der Waals surface area contributed by atoms with Gasteiger partial charge in [-0.2, -0.15) is 0 Å². The lowest BCUT2D eigenvalue weighted by atomic mass is 10.0. The number of methoxy groups -OCH3 is 1. The van der Waals surface area contributed by atoms with Gasteiger partial charge in [0, 0.05) is 12.6 Å². The van der Waals surface area contributed by atoms with Gasteiger partial charge in [-0.3, -0.25) is 9.69 Å². The molecule has 0 radical (unpaired) electrons. The third kappa shape index (κ3) is 4.06. The highest BCUT2D eigenvalue weighted by Crippen LogP contribution is 2.29. The van der Waals surface area contributed by atoms with Gasteiger partial charge in [0.15, 0.2) is 0 Å². The van der Waals surface area contributed by atoms with Gasteiger partial charge in [-0.15, -0.1) is 0 Å². The maximum atomic E-state index is 11.5. The number of rotatable bonds is 7. The number of nitrogens with zero attached hydrogens (tertiary/aromatic N) is 1. The smallest absolute Gasteiger partial charge is 0.309 e. The molecular formula is C16H23NO2. The molecule has 0 aromatic heterocycles. The van der Waals surface area contributed by atoms with Crippen molar-refractivity contribution >= 4 is 5.97 Å². The first-order valence-corrected chi connectivity index (χ1v) is 7.12. The SMILES string of the molecule is CCCN(Cc1ccccc1CC(=O)OC)C1CC1. The van der Waals surface area contributed by atoms with Crippen molar-refractivity contribution in [3.63, 3.8) is 0 Å². The van der Waals surface area contributed by atoms with E-state index in [2.05, 4.69) is 17.9 Å². The van der Waals surface area contributed by atoms with Crippen molar-refractivity contribution in [1.82, 2.24) is 4.90 Å². The summed E-state index contributed by atoms with van der Waals surface area (Å²) in [6.07, 6.45) is 4.19. The van der Waals surface area contributed by atoms with Crippen LogP contribution in [0.15, 0.2) is 24.3 Å². The number of hydrogen-bond acceptors (Lipinski definition) is 3. The van der Waals surface area contributed by atoms with E-state index < -0.39 is 0 Å². The third-order valence-corrected chi connectivity index (χ3v) is 3.63. The predicted octanol–water partition coefficient (Wildman–Crippen LogP) is 2.78. The molecule has 0 saturated heterocycles. The van der Waals surface area contributed by atoms with E-state index in [1.165, 1.54) is 31.9 Å². The van der Waals surface area contributed by atoms with Crippen molar-refractivity contribution in [3.8, 4) is 0 Å². The number of carbonyl (C=O) groups excluding carboxylic acids is 1. The average molecular weight is 261 g/mol. The van der Waals surface area contributed by atoms with Crippen LogP contribution in [0.4, 0.5) is 0 Å². The Balaban J connectivity index is 2.07. The van der Waals surface area contributed by atoms with Crippen LogP contribution in [0.5, 0.6) is 0 Å². The minimum atomic E-state index is -0.166. The van der Waals surface area contributed by atoms with Crippen molar-refractivity contribution < 1.29 is 9.53 Å². The second kappa shape index (κ2) is 6.71. The first kappa shape index (κ1) is 14.1. The van der Waals surface area contributed by atoms with Gasteiger partial charge in [-0.25, -0.2) is 0 Å². The Labute approximate surface area is 115 Å². The second-order valence-electron chi connectivity index (χ2n) is 5.22. The summed E-state index contributed by atoms with van der Waals surface area (Å²) in [5.74, 6) is -0.166. The molecule has 1 aliphatic carbocycles. The van der Waals surface area contributed by atoms with Crippen LogP contribution in [-0.2, 0) is 22.5 Å². The van der Waals surface area contributed by atoms with Crippen LogP contribution in [0.2, 0.25) is 0 Å². The summed E-state index contributed by atoms with van der Waals surface area (Å²) in [5, 5.41) is 0. The maximum absolute atomic E-state index is 11.5.